The quantitative estimate of drug-likeness (QED) is 0.629. The first-order valence-electron chi connectivity index (χ1n) is 5.19. The molecule has 98 valence electrons. The van der Waals surface area contributed by atoms with Gasteiger partial charge in [-0.15, -0.1) is 0 Å². The molecule has 6 heteroatoms. The molecule has 0 heterocycles. The van der Waals surface area contributed by atoms with Crippen molar-refractivity contribution in [2.75, 3.05) is 5.32 Å². The fourth-order valence-electron chi connectivity index (χ4n) is 1.45. The lowest BCUT2D eigenvalue weighted by molar-refractivity contribution is 0.102. The van der Waals surface area contributed by atoms with E-state index in [4.69, 9.17) is 11.6 Å². The Bertz CT molecular complexity index is 651. The van der Waals surface area contributed by atoms with Crippen LogP contribution in [0.15, 0.2) is 40.9 Å². The van der Waals surface area contributed by atoms with E-state index in [1.807, 2.05) is 22.6 Å². The molecule has 1 amide bonds. The second kappa shape index (κ2) is 6.19. The number of hydrogen-bond donors (Lipinski definition) is 1. The lowest BCUT2D eigenvalue weighted by Gasteiger charge is -2.08. The molecule has 0 saturated carbocycles. The normalized spacial score (nSPS) is 10.3. The molecule has 0 unspecified atom stereocenters. The van der Waals surface area contributed by atoms with Crippen LogP contribution in [0.4, 0.5) is 10.1 Å². The minimum atomic E-state index is -0.500. The van der Waals surface area contributed by atoms with Gasteiger partial charge in [0.25, 0.3) is 5.91 Å². The van der Waals surface area contributed by atoms with Crippen molar-refractivity contribution < 1.29 is 9.18 Å². The summed E-state index contributed by atoms with van der Waals surface area (Å²) in [7, 11) is 0. The van der Waals surface area contributed by atoms with Gasteiger partial charge in [-0.2, -0.15) is 0 Å². The fraction of sp³-hybridized carbons (Fsp3) is 0. The summed E-state index contributed by atoms with van der Waals surface area (Å²) in [6.07, 6.45) is 0. The SMILES string of the molecule is O=C(Nc1ccc(Br)cc1F)c1cc(Cl)ccc1I. The number of benzene rings is 2. The molecular weight excluding hydrogens is 447 g/mol. The van der Waals surface area contributed by atoms with Gasteiger partial charge in [-0.3, -0.25) is 4.79 Å². The Morgan fingerprint density at radius 3 is 2.68 bits per heavy atom. The number of rotatable bonds is 2. The summed E-state index contributed by atoms with van der Waals surface area (Å²) >= 11 is 11.0. The maximum atomic E-state index is 13.6. The van der Waals surface area contributed by atoms with Crippen molar-refractivity contribution in [3.8, 4) is 0 Å². The number of anilines is 1. The Kier molecular flexibility index (Phi) is 4.81. The molecule has 0 atom stereocenters. The summed E-state index contributed by atoms with van der Waals surface area (Å²) in [5.74, 6) is -0.895. The molecule has 2 rings (SSSR count). The van der Waals surface area contributed by atoms with E-state index >= 15 is 0 Å². The van der Waals surface area contributed by atoms with Gasteiger partial charge in [0.15, 0.2) is 0 Å². The van der Waals surface area contributed by atoms with E-state index in [0.29, 0.717) is 15.1 Å². The predicted molar refractivity (Wildman–Crippen MR) is 86.2 cm³/mol. The van der Waals surface area contributed by atoms with Gasteiger partial charge in [-0.25, -0.2) is 4.39 Å². The summed E-state index contributed by atoms with van der Waals surface area (Å²) in [6, 6.07) is 9.42. The van der Waals surface area contributed by atoms with Gasteiger partial charge in [0, 0.05) is 13.1 Å². The molecule has 1 N–H and O–H groups in total. The largest absolute Gasteiger partial charge is 0.319 e. The minimum Gasteiger partial charge on any atom is -0.319 e. The van der Waals surface area contributed by atoms with Crippen molar-refractivity contribution in [3.63, 3.8) is 0 Å². The van der Waals surface area contributed by atoms with Crippen LogP contribution in [-0.2, 0) is 0 Å². The highest BCUT2D eigenvalue weighted by Gasteiger charge is 2.13. The smallest absolute Gasteiger partial charge is 0.256 e. The number of nitrogens with one attached hydrogen (secondary N) is 1. The zero-order valence-corrected chi connectivity index (χ0v) is 13.9. The number of carbonyl (C=O) groups is 1. The van der Waals surface area contributed by atoms with Crippen molar-refractivity contribution in [1.82, 2.24) is 0 Å². The van der Waals surface area contributed by atoms with Gasteiger partial charge in [0.1, 0.15) is 5.82 Å². The van der Waals surface area contributed by atoms with Gasteiger partial charge in [0.2, 0.25) is 0 Å². The first-order valence-corrected chi connectivity index (χ1v) is 7.44. The van der Waals surface area contributed by atoms with Crippen molar-refractivity contribution >= 4 is 61.7 Å². The Balaban J connectivity index is 2.28. The van der Waals surface area contributed by atoms with Gasteiger partial charge in [0.05, 0.1) is 11.3 Å². The van der Waals surface area contributed by atoms with Crippen LogP contribution >= 0.6 is 50.1 Å². The van der Waals surface area contributed by atoms with Crippen LogP contribution in [0.2, 0.25) is 5.02 Å². The monoisotopic (exact) mass is 453 g/mol. The predicted octanol–water partition coefficient (Wildman–Crippen LogP) is 5.10. The molecular formula is C13H7BrClFINO. The van der Waals surface area contributed by atoms with E-state index in [0.717, 1.165) is 3.57 Å². The molecule has 19 heavy (non-hydrogen) atoms. The first-order chi connectivity index (χ1) is 8.97. The molecule has 2 aromatic carbocycles. The van der Waals surface area contributed by atoms with Gasteiger partial charge in [-0.1, -0.05) is 27.5 Å². The summed E-state index contributed by atoms with van der Waals surface area (Å²) in [5.41, 5.74) is 0.541. The summed E-state index contributed by atoms with van der Waals surface area (Å²) in [4.78, 5) is 12.1. The molecule has 0 saturated heterocycles. The van der Waals surface area contributed by atoms with Gasteiger partial charge in [-0.05, 0) is 59.0 Å². The number of amides is 1. The molecule has 2 aromatic rings. The van der Waals surface area contributed by atoms with Crippen LogP contribution in [0.5, 0.6) is 0 Å². The van der Waals surface area contributed by atoms with E-state index in [1.165, 1.54) is 12.1 Å². The van der Waals surface area contributed by atoms with Crippen molar-refractivity contribution in [2.24, 2.45) is 0 Å². The Hall–Kier alpha value is -0.660. The molecule has 0 radical (unpaired) electrons. The highest BCUT2D eigenvalue weighted by molar-refractivity contribution is 14.1. The molecule has 0 spiro atoms. The number of halogens is 4. The van der Waals surface area contributed by atoms with Gasteiger partial charge >= 0.3 is 0 Å². The van der Waals surface area contributed by atoms with Crippen LogP contribution < -0.4 is 5.32 Å². The highest BCUT2D eigenvalue weighted by Crippen LogP contribution is 2.22. The molecule has 0 aliphatic rings. The number of hydrogen-bond acceptors (Lipinski definition) is 1. The lowest BCUT2D eigenvalue weighted by atomic mass is 10.2. The zero-order valence-electron chi connectivity index (χ0n) is 9.38. The molecule has 0 fully saturated rings. The van der Waals surface area contributed by atoms with Crippen LogP contribution in [-0.4, -0.2) is 5.91 Å². The maximum Gasteiger partial charge on any atom is 0.256 e. The molecule has 0 aromatic heterocycles. The zero-order chi connectivity index (χ0) is 14.0. The molecule has 0 bridgehead atoms. The van der Waals surface area contributed by atoms with Crippen molar-refractivity contribution in [3.05, 3.63) is 60.8 Å². The highest BCUT2D eigenvalue weighted by atomic mass is 127. The third-order valence-electron chi connectivity index (χ3n) is 2.35. The Morgan fingerprint density at radius 1 is 1.26 bits per heavy atom. The lowest BCUT2D eigenvalue weighted by Crippen LogP contribution is -2.14. The average molecular weight is 454 g/mol. The molecule has 0 aliphatic heterocycles. The van der Waals surface area contributed by atoms with Crippen LogP contribution in [0.1, 0.15) is 10.4 Å². The van der Waals surface area contributed by atoms with E-state index in [2.05, 4.69) is 21.2 Å². The topological polar surface area (TPSA) is 29.1 Å². The summed E-state index contributed by atoms with van der Waals surface area (Å²) < 4.78 is 15.0. The third kappa shape index (κ3) is 3.67. The third-order valence-corrected chi connectivity index (χ3v) is 4.02. The Labute approximate surface area is 136 Å². The standard InChI is InChI=1S/C13H7BrClFINO/c14-7-1-4-12(10(16)5-7)18-13(19)9-6-8(15)2-3-11(9)17/h1-6H,(H,18,19). The van der Waals surface area contributed by atoms with Crippen LogP contribution in [0.25, 0.3) is 0 Å². The summed E-state index contributed by atoms with van der Waals surface area (Å²) in [6.45, 7) is 0. The maximum absolute atomic E-state index is 13.6. The van der Waals surface area contributed by atoms with Crippen molar-refractivity contribution in [1.29, 1.82) is 0 Å². The first kappa shape index (κ1) is 14.7. The van der Waals surface area contributed by atoms with Gasteiger partial charge < -0.3 is 5.32 Å². The molecule has 2 nitrogen and oxygen atoms in total. The second-order valence-electron chi connectivity index (χ2n) is 3.70. The summed E-state index contributed by atoms with van der Waals surface area (Å²) in [5, 5.41) is 2.98. The fourth-order valence-corrected chi connectivity index (χ4v) is 2.54. The second-order valence-corrected chi connectivity index (χ2v) is 6.22. The molecule has 0 aliphatic carbocycles. The van der Waals surface area contributed by atoms with E-state index in [9.17, 15) is 9.18 Å². The van der Waals surface area contributed by atoms with Crippen LogP contribution in [0.3, 0.4) is 0 Å². The Morgan fingerprint density at radius 2 is 2.00 bits per heavy atom. The van der Waals surface area contributed by atoms with Crippen molar-refractivity contribution in [2.45, 2.75) is 0 Å². The average Bonchev–Trinajstić information content (AvgIpc) is 2.35. The number of carbonyl (C=O) groups excluding carboxylic acids is 1. The van der Waals surface area contributed by atoms with E-state index < -0.39 is 11.7 Å². The van der Waals surface area contributed by atoms with Crippen LogP contribution in [0, 0.1) is 9.39 Å². The van der Waals surface area contributed by atoms with E-state index in [1.54, 1.807) is 24.3 Å². The minimum absolute atomic E-state index is 0.129. The van der Waals surface area contributed by atoms with E-state index in [-0.39, 0.29) is 5.69 Å².